The Kier molecular flexibility index (Phi) is 7.47. The smallest absolute Gasteiger partial charge is 0.422 e. The molecule has 180 valence electrons. The Balaban J connectivity index is 1.72. The molecule has 1 saturated carbocycles. The van der Waals surface area contributed by atoms with Gasteiger partial charge in [0.2, 0.25) is 0 Å². The SMILES string of the molecule is CC(=O)Cc1ccc(OC(F)(F)C2CCC(C3CCC(C)CC3)OC2)c(C(F)(F)F)c1F. The van der Waals surface area contributed by atoms with Crippen molar-refractivity contribution in [1.29, 1.82) is 0 Å². The topological polar surface area (TPSA) is 35.5 Å². The Morgan fingerprint density at radius 3 is 2.25 bits per heavy atom. The number of Topliss-reactive ketones (excluding diaryl/α,β-unsaturated/α-hetero) is 1. The molecule has 3 rings (SSSR count). The summed E-state index contributed by atoms with van der Waals surface area (Å²) in [7, 11) is 0. The zero-order valence-corrected chi connectivity index (χ0v) is 18.1. The molecule has 1 aromatic carbocycles. The molecule has 0 radical (unpaired) electrons. The fourth-order valence-electron chi connectivity index (χ4n) is 4.65. The number of rotatable bonds is 6. The highest BCUT2D eigenvalue weighted by Gasteiger charge is 2.48. The summed E-state index contributed by atoms with van der Waals surface area (Å²) in [4.78, 5) is 11.2. The molecule has 1 aromatic rings. The van der Waals surface area contributed by atoms with E-state index in [9.17, 15) is 31.1 Å². The minimum atomic E-state index is -5.27. The van der Waals surface area contributed by atoms with Crippen LogP contribution in [-0.4, -0.2) is 24.6 Å². The van der Waals surface area contributed by atoms with Crippen molar-refractivity contribution in [1.82, 2.24) is 0 Å². The monoisotopic (exact) mass is 466 g/mol. The summed E-state index contributed by atoms with van der Waals surface area (Å²) in [5.74, 6) is -4.12. The van der Waals surface area contributed by atoms with Crippen LogP contribution in [0.4, 0.5) is 26.3 Å². The molecule has 0 amide bonds. The van der Waals surface area contributed by atoms with Crippen LogP contribution in [0.2, 0.25) is 0 Å². The van der Waals surface area contributed by atoms with Gasteiger partial charge in [0.25, 0.3) is 0 Å². The van der Waals surface area contributed by atoms with Gasteiger partial charge in [0.15, 0.2) is 0 Å². The second-order valence-electron chi connectivity index (χ2n) is 9.12. The van der Waals surface area contributed by atoms with Crippen molar-refractivity contribution in [2.75, 3.05) is 6.61 Å². The van der Waals surface area contributed by atoms with Gasteiger partial charge in [-0.1, -0.05) is 25.8 Å². The standard InChI is InChI=1S/C23H28F6O3/c1-13-3-5-15(6-4-13)18-10-8-17(12-31-18)23(28,29)32-19-9-7-16(11-14(2)30)21(24)20(19)22(25,26)27/h7,9,13,15,17-18H,3-6,8,10-12H2,1-2H3. The maximum Gasteiger partial charge on any atom is 0.422 e. The summed E-state index contributed by atoms with van der Waals surface area (Å²) < 4.78 is 94.5. The quantitative estimate of drug-likeness (QED) is 0.445. The molecule has 0 aromatic heterocycles. The van der Waals surface area contributed by atoms with E-state index in [1.54, 1.807) is 0 Å². The molecule has 32 heavy (non-hydrogen) atoms. The van der Waals surface area contributed by atoms with Gasteiger partial charge in [0.1, 0.15) is 22.9 Å². The first-order valence-electron chi connectivity index (χ1n) is 10.9. The second kappa shape index (κ2) is 9.61. The molecule has 2 aliphatic rings. The van der Waals surface area contributed by atoms with Crippen LogP contribution in [0.15, 0.2) is 12.1 Å². The number of ketones is 1. The maximum atomic E-state index is 14.8. The van der Waals surface area contributed by atoms with Crippen molar-refractivity contribution in [3.63, 3.8) is 0 Å². The zero-order valence-electron chi connectivity index (χ0n) is 18.1. The van der Waals surface area contributed by atoms with Gasteiger partial charge in [-0.15, -0.1) is 0 Å². The zero-order chi connectivity index (χ0) is 23.7. The van der Waals surface area contributed by atoms with E-state index in [2.05, 4.69) is 11.7 Å². The van der Waals surface area contributed by atoms with E-state index in [4.69, 9.17) is 4.74 Å². The molecular formula is C23H28F6O3. The van der Waals surface area contributed by atoms with Crippen molar-refractivity contribution in [3.8, 4) is 5.75 Å². The predicted molar refractivity (Wildman–Crippen MR) is 105 cm³/mol. The van der Waals surface area contributed by atoms with Gasteiger partial charge >= 0.3 is 12.3 Å². The van der Waals surface area contributed by atoms with E-state index >= 15 is 0 Å². The van der Waals surface area contributed by atoms with Crippen molar-refractivity contribution < 1.29 is 40.6 Å². The normalized spacial score (nSPS) is 27.2. The molecule has 0 spiro atoms. The summed E-state index contributed by atoms with van der Waals surface area (Å²) >= 11 is 0. The Hall–Kier alpha value is -1.77. The third-order valence-corrected chi connectivity index (χ3v) is 6.53. The fraction of sp³-hybridized carbons (Fsp3) is 0.696. The molecular weight excluding hydrogens is 438 g/mol. The van der Waals surface area contributed by atoms with Crippen LogP contribution in [-0.2, 0) is 22.1 Å². The number of hydrogen-bond acceptors (Lipinski definition) is 3. The van der Waals surface area contributed by atoms with Gasteiger partial charge in [0, 0.05) is 6.42 Å². The van der Waals surface area contributed by atoms with E-state index in [1.807, 2.05) is 0 Å². The first-order chi connectivity index (χ1) is 14.9. The Bertz CT molecular complexity index is 807. The number of benzene rings is 1. The Morgan fingerprint density at radius 1 is 1.06 bits per heavy atom. The lowest BCUT2D eigenvalue weighted by molar-refractivity contribution is -0.246. The van der Waals surface area contributed by atoms with E-state index in [-0.39, 0.29) is 19.1 Å². The number of hydrogen-bond donors (Lipinski definition) is 0. The van der Waals surface area contributed by atoms with Crippen LogP contribution in [0.3, 0.4) is 0 Å². The summed E-state index contributed by atoms with van der Waals surface area (Å²) in [5, 5.41) is 0. The fourth-order valence-corrected chi connectivity index (χ4v) is 4.65. The van der Waals surface area contributed by atoms with Gasteiger partial charge in [-0.3, -0.25) is 4.79 Å². The molecule has 1 aliphatic carbocycles. The predicted octanol–water partition coefficient (Wildman–Crippen LogP) is 6.57. The number of halogens is 6. The molecule has 2 atom stereocenters. The number of carbonyl (C=O) groups is 1. The van der Waals surface area contributed by atoms with Gasteiger partial charge in [-0.2, -0.15) is 22.0 Å². The maximum absolute atomic E-state index is 14.8. The molecule has 2 fully saturated rings. The van der Waals surface area contributed by atoms with E-state index in [0.717, 1.165) is 38.7 Å². The number of carbonyl (C=O) groups excluding carboxylic acids is 1. The highest BCUT2D eigenvalue weighted by atomic mass is 19.4. The van der Waals surface area contributed by atoms with Crippen molar-refractivity contribution in [2.45, 2.75) is 77.2 Å². The van der Waals surface area contributed by atoms with Crippen LogP contribution < -0.4 is 4.74 Å². The van der Waals surface area contributed by atoms with Crippen molar-refractivity contribution >= 4 is 5.78 Å². The van der Waals surface area contributed by atoms with Gasteiger partial charge in [-0.05, 0) is 56.1 Å². The largest absolute Gasteiger partial charge is 0.432 e. The minimum absolute atomic E-state index is 0.0377. The molecule has 3 nitrogen and oxygen atoms in total. The molecule has 1 saturated heterocycles. The number of alkyl halides is 5. The van der Waals surface area contributed by atoms with E-state index in [0.29, 0.717) is 24.3 Å². The summed E-state index contributed by atoms with van der Waals surface area (Å²) in [5.41, 5.74) is -2.45. The number of ether oxygens (including phenoxy) is 2. The van der Waals surface area contributed by atoms with Crippen LogP contribution in [0.1, 0.15) is 63.5 Å². The molecule has 0 N–H and O–H groups in total. The molecule has 0 bridgehead atoms. The van der Waals surface area contributed by atoms with E-state index in [1.165, 1.54) is 0 Å². The Morgan fingerprint density at radius 2 is 1.72 bits per heavy atom. The molecule has 1 aliphatic heterocycles. The van der Waals surface area contributed by atoms with Crippen molar-refractivity contribution in [2.24, 2.45) is 17.8 Å². The Labute approximate surface area is 183 Å². The molecule has 9 heteroatoms. The van der Waals surface area contributed by atoms with Gasteiger partial charge in [-0.25, -0.2) is 4.39 Å². The first kappa shape index (κ1) is 24.9. The highest BCUT2D eigenvalue weighted by molar-refractivity contribution is 5.78. The third kappa shape index (κ3) is 5.77. The molecule has 2 unspecified atom stereocenters. The second-order valence-corrected chi connectivity index (χ2v) is 9.12. The van der Waals surface area contributed by atoms with Crippen molar-refractivity contribution in [3.05, 3.63) is 29.1 Å². The van der Waals surface area contributed by atoms with Crippen LogP contribution in [0.5, 0.6) is 5.75 Å². The van der Waals surface area contributed by atoms with Crippen LogP contribution in [0.25, 0.3) is 0 Å². The average Bonchev–Trinajstić information content (AvgIpc) is 2.69. The molecule has 1 heterocycles. The first-order valence-corrected chi connectivity index (χ1v) is 10.9. The van der Waals surface area contributed by atoms with Crippen LogP contribution in [0, 0.1) is 23.6 Å². The van der Waals surface area contributed by atoms with E-state index < -0.39 is 53.1 Å². The minimum Gasteiger partial charge on any atom is -0.432 e. The highest BCUT2D eigenvalue weighted by Crippen LogP contribution is 2.44. The summed E-state index contributed by atoms with van der Waals surface area (Å²) in [6.07, 6.45) is -5.45. The lowest BCUT2D eigenvalue weighted by Gasteiger charge is -2.39. The van der Waals surface area contributed by atoms with Gasteiger partial charge < -0.3 is 9.47 Å². The lowest BCUT2D eigenvalue weighted by Crippen LogP contribution is -2.44. The lowest BCUT2D eigenvalue weighted by atomic mass is 9.78. The van der Waals surface area contributed by atoms with Gasteiger partial charge in [0.05, 0.1) is 18.6 Å². The van der Waals surface area contributed by atoms with Crippen LogP contribution >= 0.6 is 0 Å². The average molecular weight is 466 g/mol. The third-order valence-electron chi connectivity index (χ3n) is 6.53. The summed E-state index contributed by atoms with van der Waals surface area (Å²) in [6.45, 7) is 2.93. The summed E-state index contributed by atoms with van der Waals surface area (Å²) in [6, 6.07) is 1.52.